The van der Waals surface area contributed by atoms with Crippen molar-refractivity contribution in [3.63, 3.8) is 0 Å². The average Bonchev–Trinajstić information content (AvgIpc) is 2.41. The van der Waals surface area contributed by atoms with Crippen LogP contribution in [0.1, 0.15) is 13.8 Å². The van der Waals surface area contributed by atoms with Crippen molar-refractivity contribution in [3.05, 3.63) is 28.8 Å². The Bertz CT molecular complexity index is 502. The Kier molecular flexibility index (Phi) is 5.46. The monoisotopic (exact) mass is 290 g/mol. The standard InChI is InChI=1S/C11H16F2N4OS/c1-8(3-4-11(2,5-12)6-13)19-9-10(18)17(14)7-15-16-9/h3-4,7-8H,5-6,14H2,1-2H3. The number of thioether (sulfide) groups is 1. The number of alkyl halides is 2. The van der Waals surface area contributed by atoms with E-state index in [-0.39, 0.29) is 10.3 Å². The first kappa shape index (κ1) is 15.6. The van der Waals surface area contributed by atoms with Crippen molar-refractivity contribution in [1.29, 1.82) is 0 Å². The Morgan fingerprint density at radius 3 is 2.79 bits per heavy atom. The summed E-state index contributed by atoms with van der Waals surface area (Å²) >= 11 is 1.13. The van der Waals surface area contributed by atoms with Gasteiger partial charge in [0.2, 0.25) is 0 Å². The van der Waals surface area contributed by atoms with Crippen molar-refractivity contribution in [2.24, 2.45) is 5.41 Å². The van der Waals surface area contributed by atoms with Gasteiger partial charge >= 0.3 is 5.56 Å². The van der Waals surface area contributed by atoms with Gasteiger partial charge in [-0.2, -0.15) is 0 Å². The molecule has 0 saturated heterocycles. The number of nitrogens with two attached hydrogens (primary N) is 1. The third-order valence-corrected chi connectivity index (χ3v) is 3.43. The molecule has 1 atom stereocenters. The predicted octanol–water partition coefficient (Wildman–Crippen LogP) is 1.33. The molecule has 0 saturated carbocycles. The number of halogens is 2. The second-order valence-corrected chi connectivity index (χ2v) is 5.82. The van der Waals surface area contributed by atoms with E-state index in [9.17, 15) is 13.6 Å². The van der Waals surface area contributed by atoms with Crippen LogP contribution in [-0.4, -0.2) is 33.5 Å². The van der Waals surface area contributed by atoms with Crippen molar-refractivity contribution >= 4 is 11.8 Å². The number of allylic oxidation sites excluding steroid dienone is 1. The van der Waals surface area contributed by atoms with E-state index in [2.05, 4.69) is 10.2 Å². The molecule has 0 aliphatic rings. The Balaban J connectivity index is 2.76. The Hall–Kier alpha value is -1.44. The molecule has 0 aromatic carbocycles. The van der Waals surface area contributed by atoms with Gasteiger partial charge in [0.05, 0.1) is 0 Å². The molecule has 2 N–H and O–H groups in total. The van der Waals surface area contributed by atoms with Gasteiger partial charge in [-0.15, -0.1) is 10.2 Å². The van der Waals surface area contributed by atoms with Crippen molar-refractivity contribution < 1.29 is 8.78 Å². The van der Waals surface area contributed by atoms with E-state index >= 15 is 0 Å². The van der Waals surface area contributed by atoms with Gasteiger partial charge in [0.15, 0.2) is 5.03 Å². The normalized spacial score (nSPS) is 13.9. The first-order valence-electron chi connectivity index (χ1n) is 5.59. The highest BCUT2D eigenvalue weighted by Crippen LogP contribution is 2.23. The molecule has 0 aliphatic heterocycles. The fourth-order valence-corrected chi connectivity index (χ4v) is 1.93. The molecule has 0 radical (unpaired) electrons. The van der Waals surface area contributed by atoms with Gasteiger partial charge in [0.25, 0.3) is 0 Å². The minimum absolute atomic E-state index is 0.143. The molecular weight excluding hydrogens is 274 g/mol. The lowest BCUT2D eigenvalue weighted by Gasteiger charge is -2.17. The molecule has 0 spiro atoms. The second kappa shape index (κ2) is 6.65. The molecule has 8 heteroatoms. The van der Waals surface area contributed by atoms with Gasteiger partial charge in [-0.25, -0.2) is 4.68 Å². The number of rotatable bonds is 6. The van der Waals surface area contributed by atoms with Gasteiger partial charge in [0.1, 0.15) is 19.7 Å². The second-order valence-electron chi connectivity index (χ2n) is 4.45. The number of nitrogen functional groups attached to an aromatic ring is 1. The summed E-state index contributed by atoms with van der Waals surface area (Å²) in [6, 6.07) is 0. The van der Waals surface area contributed by atoms with Crippen LogP contribution in [-0.2, 0) is 0 Å². The fraction of sp³-hybridized carbons (Fsp3) is 0.545. The van der Waals surface area contributed by atoms with E-state index < -0.39 is 24.3 Å². The SMILES string of the molecule is CC(C=CC(C)(CF)CF)Sc1nncn(N)c1=O. The minimum atomic E-state index is -1.12. The molecule has 19 heavy (non-hydrogen) atoms. The minimum Gasteiger partial charge on any atom is -0.335 e. The van der Waals surface area contributed by atoms with Crippen LogP contribution in [0.4, 0.5) is 8.78 Å². The first-order chi connectivity index (χ1) is 8.91. The van der Waals surface area contributed by atoms with Crippen LogP contribution in [0.15, 0.2) is 28.3 Å². The van der Waals surface area contributed by atoms with Crippen LogP contribution < -0.4 is 11.4 Å². The molecule has 1 aromatic heterocycles. The summed E-state index contributed by atoms with van der Waals surface area (Å²) in [5.41, 5.74) is -1.58. The Labute approximate surface area is 113 Å². The summed E-state index contributed by atoms with van der Waals surface area (Å²) in [4.78, 5) is 11.6. The van der Waals surface area contributed by atoms with Crippen LogP contribution >= 0.6 is 11.8 Å². The molecule has 1 heterocycles. The third kappa shape index (κ3) is 4.30. The highest BCUT2D eigenvalue weighted by molar-refractivity contribution is 8.00. The van der Waals surface area contributed by atoms with E-state index in [1.165, 1.54) is 13.0 Å². The van der Waals surface area contributed by atoms with Crippen LogP contribution in [0.2, 0.25) is 0 Å². The number of nitrogens with zero attached hydrogens (tertiary/aromatic N) is 3. The smallest absolute Gasteiger partial charge is 0.304 e. The molecular formula is C11H16F2N4OS. The molecule has 1 rings (SSSR count). The van der Waals surface area contributed by atoms with Gasteiger partial charge < -0.3 is 5.84 Å². The van der Waals surface area contributed by atoms with Gasteiger partial charge in [0, 0.05) is 10.7 Å². The predicted molar refractivity (Wildman–Crippen MR) is 71.0 cm³/mol. The van der Waals surface area contributed by atoms with Gasteiger partial charge in [-0.3, -0.25) is 13.6 Å². The van der Waals surface area contributed by atoms with Crippen LogP contribution in [0.5, 0.6) is 0 Å². The van der Waals surface area contributed by atoms with Crippen LogP contribution in [0.25, 0.3) is 0 Å². The lowest BCUT2D eigenvalue weighted by Crippen LogP contribution is -2.29. The zero-order valence-corrected chi connectivity index (χ0v) is 11.5. The highest BCUT2D eigenvalue weighted by atomic mass is 32.2. The van der Waals surface area contributed by atoms with E-state index in [0.29, 0.717) is 0 Å². The zero-order valence-electron chi connectivity index (χ0n) is 10.7. The average molecular weight is 290 g/mol. The van der Waals surface area contributed by atoms with E-state index in [1.54, 1.807) is 13.0 Å². The summed E-state index contributed by atoms with van der Waals surface area (Å²) in [5.74, 6) is 5.35. The van der Waals surface area contributed by atoms with E-state index in [0.717, 1.165) is 22.8 Å². The maximum atomic E-state index is 12.6. The fourth-order valence-electron chi connectivity index (χ4n) is 1.12. The van der Waals surface area contributed by atoms with Gasteiger partial charge in [-0.1, -0.05) is 30.8 Å². The highest BCUT2D eigenvalue weighted by Gasteiger charge is 2.21. The molecule has 106 valence electrons. The van der Waals surface area contributed by atoms with Crippen LogP contribution in [0, 0.1) is 5.41 Å². The lowest BCUT2D eigenvalue weighted by atomic mass is 9.94. The van der Waals surface area contributed by atoms with Gasteiger partial charge in [-0.05, 0) is 6.92 Å². The third-order valence-electron chi connectivity index (χ3n) is 2.42. The van der Waals surface area contributed by atoms with Crippen molar-refractivity contribution in [2.75, 3.05) is 19.2 Å². The quantitative estimate of drug-likeness (QED) is 0.486. The summed E-state index contributed by atoms with van der Waals surface area (Å²) < 4.78 is 26.1. The Morgan fingerprint density at radius 1 is 1.58 bits per heavy atom. The van der Waals surface area contributed by atoms with Crippen molar-refractivity contribution in [3.8, 4) is 0 Å². The molecule has 0 amide bonds. The first-order valence-corrected chi connectivity index (χ1v) is 6.47. The molecule has 0 fully saturated rings. The maximum Gasteiger partial charge on any atom is 0.304 e. The topological polar surface area (TPSA) is 73.8 Å². The summed E-state index contributed by atoms with van der Waals surface area (Å²) in [7, 11) is 0. The Morgan fingerprint density at radius 2 is 2.21 bits per heavy atom. The molecule has 5 nitrogen and oxygen atoms in total. The molecule has 1 aromatic rings. The number of hydrogen-bond acceptors (Lipinski definition) is 5. The summed E-state index contributed by atoms with van der Waals surface area (Å²) in [5, 5.41) is 7.21. The van der Waals surface area contributed by atoms with Crippen molar-refractivity contribution in [1.82, 2.24) is 14.9 Å². The van der Waals surface area contributed by atoms with E-state index in [4.69, 9.17) is 5.84 Å². The van der Waals surface area contributed by atoms with Crippen molar-refractivity contribution in [2.45, 2.75) is 24.1 Å². The maximum absolute atomic E-state index is 12.6. The number of aromatic nitrogens is 3. The molecule has 0 bridgehead atoms. The summed E-state index contributed by atoms with van der Waals surface area (Å²) in [6.07, 6.45) is 4.22. The lowest BCUT2D eigenvalue weighted by molar-refractivity contribution is 0.230. The molecule has 1 unspecified atom stereocenters. The summed E-state index contributed by atoms with van der Waals surface area (Å²) in [6.45, 7) is 1.71. The largest absolute Gasteiger partial charge is 0.335 e. The molecule has 0 aliphatic carbocycles. The van der Waals surface area contributed by atoms with Crippen LogP contribution in [0.3, 0.4) is 0 Å². The number of hydrogen-bond donors (Lipinski definition) is 1. The zero-order chi connectivity index (χ0) is 14.5. The van der Waals surface area contributed by atoms with E-state index in [1.807, 2.05) is 0 Å².